The molecule has 5 aromatic carbocycles. The molecule has 0 aromatic heterocycles. The monoisotopic (exact) mass is 473 g/mol. The minimum absolute atomic E-state index is 1.22. The first kappa shape index (κ1) is 20.4. The summed E-state index contributed by atoms with van der Waals surface area (Å²) in [5, 5.41) is 0. The van der Waals surface area contributed by atoms with Crippen LogP contribution in [0.4, 0.5) is 11.4 Å². The van der Waals surface area contributed by atoms with Crippen LogP contribution < -0.4 is 17.0 Å². The Kier molecular flexibility index (Phi) is 5.91. The Hall–Kier alpha value is -3.56. The maximum atomic E-state index is 2.65. The van der Waals surface area contributed by atoms with Crippen molar-refractivity contribution in [3.8, 4) is 0 Å². The topological polar surface area (TPSA) is 3.24 Å². The molecular formula is C30H25GeN. The quantitative estimate of drug-likeness (QED) is 0.296. The molecule has 0 spiro atoms. The van der Waals surface area contributed by atoms with E-state index in [1.54, 1.807) is 0 Å². The van der Waals surface area contributed by atoms with Crippen LogP contribution in [0.2, 0.25) is 0 Å². The van der Waals surface area contributed by atoms with E-state index < -0.39 is 13.5 Å². The van der Waals surface area contributed by atoms with E-state index in [0.29, 0.717) is 0 Å². The van der Waals surface area contributed by atoms with Crippen LogP contribution in [0.1, 0.15) is 0 Å². The zero-order chi connectivity index (χ0) is 21.6. The van der Waals surface area contributed by atoms with Crippen LogP contribution in [0.15, 0.2) is 152 Å². The van der Waals surface area contributed by atoms with Gasteiger partial charge in [-0.15, -0.1) is 0 Å². The number of anilines is 2. The van der Waals surface area contributed by atoms with Crippen LogP contribution >= 0.6 is 0 Å². The molecule has 5 aromatic rings. The molecule has 0 amide bonds. The molecule has 0 heterocycles. The number of para-hydroxylation sites is 2. The van der Waals surface area contributed by atoms with Gasteiger partial charge in [-0.05, 0) is 0 Å². The third-order valence-corrected chi connectivity index (χ3v) is 15.8. The first-order valence-electron chi connectivity index (χ1n) is 11.0. The average Bonchev–Trinajstić information content (AvgIpc) is 2.90. The van der Waals surface area contributed by atoms with Crippen molar-refractivity contribution in [2.45, 2.75) is 0 Å². The van der Waals surface area contributed by atoms with Crippen LogP contribution in [0, 0.1) is 0 Å². The summed E-state index contributed by atoms with van der Waals surface area (Å²) < 4.78 is 6.85. The molecule has 32 heavy (non-hydrogen) atoms. The van der Waals surface area contributed by atoms with Crippen LogP contribution in [-0.2, 0) is 0 Å². The molecule has 0 bridgehead atoms. The molecule has 0 N–H and O–H groups in total. The van der Waals surface area contributed by atoms with E-state index in [1.165, 1.54) is 24.6 Å². The SMILES string of the molecule is c1ccc([N](c2ccccc2)[Ge]([c]2ccccc2)([c]2ccccc2)[c]2ccccc2)cc1. The summed E-state index contributed by atoms with van der Waals surface area (Å²) in [7, 11) is 0. The molecule has 5 rings (SSSR count). The fourth-order valence-electron chi connectivity index (χ4n) is 4.62. The number of nitrogens with zero attached hydrogens (tertiary/aromatic N) is 1. The van der Waals surface area contributed by atoms with Gasteiger partial charge in [-0.25, -0.2) is 0 Å². The number of hydrogen-bond donors (Lipinski definition) is 0. The van der Waals surface area contributed by atoms with Gasteiger partial charge in [-0.1, -0.05) is 0 Å². The summed E-state index contributed by atoms with van der Waals surface area (Å²) in [6.07, 6.45) is 0. The van der Waals surface area contributed by atoms with Gasteiger partial charge in [0.05, 0.1) is 0 Å². The Labute approximate surface area is 193 Å². The van der Waals surface area contributed by atoms with Gasteiger partial charge in [-0.2, -0.15) is 0 Å². The third-order valence-electron chi connectivity index (χ3n) is 5.94. The van der Waals surface area contributed by atoms with Gasteiger partial charge in [0.15, 0.2) is 0 Å². The molecule has 0 radical (unpaired) electrons. The normalized spacial score (nSPS) is 11.1. The first-order valence-corrected chi connectivity index (χ1v) is 15.1. The summed E-state index contributed by atoms with van der Waals surface area (Å²) in [4.78, 5) is 0. The molecule has 0 atom stereocenters. The van der Waals surface area contributed by atoms with Gasteiger partial charge >= 0.3 is 194 Å². The molecule has 0 aliphatic heterocycles. The summed E-state index contributed by atoms with van der Waals surface area (Å²) >= 11 is -3.45. The fourth-order valence-corrected chi connectivity index (χ4v) is 14.8. The van der Waals surface area contributed by atoms with E-state index in [9.17, 15) is 0 Å². The molecule has 154 valence electrons. The average molecular weight is 472 g/mol. The van der Waals surface area contributed by atoms with Crippen molar-refractivity contribution in [2.75, 3.05) is 3.86 Å². The van der Waals surface area contributed by atoms with Crippen molar-refractivity contribution in [3.05, 3.63) is 152 Å². The molecular weight excluding hydrogens is 447 g/mol. The van der Waals surface area contributed by atoms with Gasteiger partial charge in [0.25, 0.3) is 0 Å². The second kappa shape index (κ2) is 9.29. The second-order valence-electron chi connectivity index (χ2n) is 7.81. The molecule has 0 saturated carbocycles. The number of rotatable bonds is 6. The van der Waals surface area contributed by atoms with Crippen LogP contribution in [0.3, 0.4) is 0 Å². The van der Waals surface area contributed by atoms with Crippen molar-refractivity contribution in [1.29, 1.82) is 0 Å². The van der Waals surface area contributed by atoms with Crippen LogP contribution in [-0.4, -0.2) is 13.5 Å². The van der Waals surface area contributed by atoms with Crippen molar-refractivity contribution in [1.82, 2.24) is 0 Å². The Balaban J connectivity index is 1.94. The Morgan fingerprint density at radius 2 is 0.562 bits per heavy atom. The predicted molar refractivity (Wildman–Crippen MR) is 139 cm³/mol. The van der Waals surface area contributed by atoms with Gasteiger partial charge in [0, 0.05) is 0 Å². The van der Waals surface area contributed by atoms with E-state index in [0.717, 1.165) is 0 Å². The Bertz CT molecular complexity index is 1100. The van der Waals surface area contributed by atoms with Crippen molar-refractivity contribution < 1.29 is 0 Å². The fraction of sp³-hybridized carbons (Fsp3) is 0. The van der Waals surface area contributed by atoms with Crippen molar-refractivity contribution in [3.63, 3.8) is 0 Å². The van der Waals surface area contributed by atoms with E-state index in [2.05, 4.69) is 156 Å². The van der Waals surface area contributed by atoms with Crippen molar-refractivity contribution in [2.24, 2.45) is 0 Å². The maximum absolute atomic E-state index is 3.45. The zero-order valence-corrected chi connectivity index (χ0v) is 20.0. The van der Waals surface area contributed by atoms with E-state index >= 15 is 0 Å². The van der Waals surface area contributed by atoms with Gasteiger partial charge < -0.3 is 0 Å². The third kappa shape index (κ3) is 3.65. The molecule has 0 fully saturated rings. The van der Waals surface area contributed by atoms with Gasteiger partial charge in [0.1, 0.15) is 0 Å². The molecule has 0 unspecified atom stereocenters. The van der Waals surface area contributed by atoms with Gasteiger partial charge in [-0.3, -0.25) is 0 Å². The predicted octanol–water partition coefficient (Wildman–Crippen LogP) is 5.49. The van der Waals surface area contributed by atoms with Gasteiger partial charge in [0.2, 0.25) is 0 Å². The van der Waals surface area contributed by atoms with Crippen LogP contribution in [0.25, 0.3) is 0 Å². The first-order chi connectivity index (χ1) is 15.9. The summed E-state index contributed by atoms with van der Waals surface area (Å²) in [6, 6.07) is 55.0. The zero-order valence-electron chi connectivity index (χ0n) is 17.9. The van der Waals surface area contributed by atoms with E-state index in [-0.39, 0.29) is 0 Å². The summed E-state index contributed by atoms with van der Waals surface area (Å²) in [6.45, 7) is 0. The van der Waals surface area contributed by atoms with Crippen molar-refractivity contribution >= 4 is 38.1 Å². The second-order valence-corrected chi connectivity index (χ2v) is 15.4. The van der Waals surface area contributed by atoms with Crippen LogP contribution in [0.5, 0.6) is 0 Å². The van der Waals surface area contributed by atoms with E-state index in [1.807, 2.05) is 0 Å². The Morgan fingerprint density at radius 1 is 0.312 bits per heavy atom. The Morgan fingerprint density at radius 3 is 0.844 bits per heavy atom. The minimum atomic E-state index is -3.45. The molecule has 0 aliphatic carbocycles. The number of benzene rings is 5. The summed E-state index contributed by atoms with van der Waals surface area (Å²) in [5.74, 6) is 0. The molecule has 2 heteroatoms. The molecule has 0 saturated heterocycles. The summed E-state index contributed by atoms with van der Waals surface area (Å²) in [5.41, 5.74) is 2.44. The number of hydrogen-bond acceptors (Lipinski definition) is 1. The standard InChI is InChI=1S/C30H25GeN/c1-6-16-26(17-7-1)31(27-18-8-2-9-19-27,28-20-10-3-11-21-28)32(29-22-12-4-13-23-29)30-24-14-5-15-25-30/h1-25H. The van der Waals surface area contributed by atoms with E-state index in [4.69, 9.17) is 0 Å². The molecule has 1 nitrogen and oxygen atoms in total. The molecule has 0 aliphatic rings.